The minimum absolute atomic E-state index is 0.0247. The lowest BCUT2D eigenvalue weighted by atomic mass is 9.67. The van der Waals surface area contributed by atoms with E-state index in [-0.39, 0.29) is 11.5 Å². The normalized spacial score (nSPS) is 30.9. The van der Waals surface area contributed by atoms with Gasteiger partial charge in [-0.2, -0.15) is 0 Å². The molecule has 5 nitrogen and oxygen atoms in total. The third kappa shape index (κ3) is 5.11. The number of amides is 1. The lowest BCUT2D eigenvalue weighted by Gasteiger charge is -2.39. The lowest BCUT2D eigenvalue weighted by Crippen LogP contribution is -2.40. The van der Waals surface area contributed by atoms with Crippen molar-refractivity contribution in [2.24, 2.45) is 23.7 Å². The van der Waals surface area contributed by atoms with Crippen LogP contribution in [-0.2, 0) is 4.79 Å². The van der Waals surface area contributed by atoms with E-state index in [2.05, 4.69) is 0 Å². The second kappa shape index (κ2) is 9.87. The molecule has 0 spiro atoms. The number of hydrogen-bond acceptors (Lipinski definition) is 3. The van der Waals surface area contributed by atoms with Crippen LogP contribution in [0.15, 0.2) is 12.1 Å². The second-order valence-electron chi connectivity index (χ2n) is 11.5. The number of carbonyl (C=O) groups is 2. The number of hydrogen-bond donors (Lipinski definition) is 1. The molecule has 1 saturated heterocycles. The number of aliphatic carboxylic acids is 1. The first-order valence-corrected chi connectivity index (χ1v) is 13.4. The standard InChI is InChI=1S/C28H38FNO4/c1-17-10-25(28(32)33)30(16-17)27(31)23-14-22(21-7-8-21)26(15-24(23)29)34-9-3-6-20-12-18-4-2-5-19(11-18)13-20/h14-15,17-21,25H,2-13,16H2,1H3,(H,32,33)/t17-,18?,19?,20?,25-/m0/s1. The lowest BCUT2D eigenvalue weighted by molar-refractivity contribution is -0.141. The number of carboxylic acid groups (broad SMARTS) is 1. The number of fused-ring (bicyclic) bond motifs is 2. The number of likely N-dealkylation sites (tertiary alicyclic amines) is 1. The van der Waals surface area contributed by atoms with Gasteiger partial charge in [0.05, 0.1) is 12.2 Å². The number of halogens is 1. The number of benzene rings is 1. The molecule has 3 saturated carbocycles. The van der Waals surface area contributed by atoms with Crippen molar-refractivity contribution in [2.75, 3.05) is 13.2 Å². The highest BCUT2D eigenvalue weighted by Gasteiger charge is 2.40. The van der Waals surface area contributed by atoms with Gasteiger partial charge in [-0.25, -0.2) is 9.18 Å². The fourth-order valence-corrected chi connectivity index (χ4v) is 6.89. The van der Waals surface area contributed by atoms with Crippen LogP contribution in [0.5, 0.6) is 5.75 Å². The minimum atomic E-state index is -1.03. The summed E-state index contributed by atoms with van der Waals surface area (Å²) in [5.74, 6) is 1.44. The maximum Gasteiger partial charge on any atom is 0.326 e. The number of carboxylic acids is 1. The molecule has 5 rings (SSSR count). The average molecular weight is 472 g/mol. The van der Waals surface area contributed by atoms with E-state index in [9.17, 15) is 14.7 Å². The third-order valence-corrected chi connectivity index (χ3v) is 8.64. The van der Waals surface area contributed by atoms with Crippen molar-refractivity contribution >= 4 is 11.9 Å². The Kier molecular flexibility index (Phi) is 6.85. The van der Waals surface area contributed by atoms with Gasteiger partial charge < -0.3 is 14.7 Å². The molecule has 4 atom stereocenters. The molecule has 1 heterocycles. The van der Waals surface area contributed by atoms with Crippen LogP contribution in [-0.4, -0.2) is 41.1 Å². The van der Waals surface area contributed by atoms with E-state index in [1.807, 2.05) is 6.92 Å². The predicted molar refractivity (Wildman–Crippen MR) is 128 cm³/mol. The van der Waals surface area contributed by atoms with Crippen LogP contribution in [0.3, 0.4) is 0 Å². The molecule has 186 valence electrons. The number of rotatable bonds is 8. The molecule has 2 unspecified atom stereocenters. The fourth-order valence-electron chi connectivity index (χ4n) is 6.89. The average Bonchev–Trinajstić information content (AvgIpc) is 3.56. The van der Waals surface area contributed by atoms with E-state index < -0.39 is 23.7 Å². The summed E-state index contributed by atoms with van der Waals surface area (Å²) in [5, 5.41) is 9.52. The van der Waals surface area contributed by atoms with E-state index >= 15 is 4.39 Å². The second-order valence-corrected chi connectivity index (χ2v) is 11.5. The largest absolute Gasteiger partial charge is 0.493 e. The zero-order valence-electron chi connectivity index (χ0n) is 20.3. The quantitative estimate of drug-likeness (QED) is 0.471. The van der Waals surface area contributed by atoms with Crippen molar-refractivity contribution in [1.29, 1.82) is 0 Å². The summed E-state index contributed by atoms with van der Waals surface area (Å²) in [5.41, 5.74) is 0.874. The van der Waals surface area contributed by atoms with E-state index in [1.54, 1.807) is 6.07 Å². The summed E-state index contributed by atoms with van der Waals surface area (Å²) >= 11 is 0. The maximum atomic E-state index is 15.1. The first kappa shape index (κ1) is 23.6. The number of nitrogens with zero attached hydrogens (tertiary/aromatic N) is 1. The molecule has 0 radical (unpaired) electrons. The number of carbonyl (C=O) groups excluding carboxylic acids is 1. The van der Waals surface area contributed by atoms with Crippen LogP contribution in [0.25, 0.3) is 0 Å². The Morgan fingerprint density at radius 3 is 2.50 bits per heavy atom. The van der Waals surface area contributed by atoms with Gasteiger partial charge in [0.1, 0.15) is 17.6 Å². The van der Waals surface area contributed by atoms with E-state index in [0.717, 1.165) is 42.6 Å². The first-order valence-electron chi connectivity index (χ1n) is 13.4. The van der Waals surface area contributed by atoms with Crippen LogP contribution in [0.1, 0.15) is 99.4 Å². The van der Waals surface area contributed by atoms with Crippen molar-refractivity contribution < 1.29 is 23.8 Å². The zero-order valence-corrected chi connectivity index (χ0v) is 20.3. The highest BCUT2D eigenvalue weighted by Crippen LogP contribution is 2.46. The Morgan fingerprint density at radius 1 is 1.09 bits per heavy atom. The fraction of sp³-hybridized carbons (Fsp3) is 0.714. The molecule has 1 aromatic carbocycles. The minimum Gasteiger partial charge on any atom is -0.493 e. The Balaban J connectivity index is 1.23. The number of ether oxygens (including phenoxy) is 1. The highest BCUT2D eigenvalue weighted by atomic mass is 19.1. The van der Waals surface area contributed by atoms with Gasteiger partial charge in [0.25, 0.3) is 5.91 Å². The van der Waals surface area contributed by atoms with Gasteiger partial charge in [0.15, 0.2) is 0 Å². The zero-order chi connectivity index (χ0) is 23.8. The summed E-state index contributed by atoms with van der Waals surface area (Å²) in [4.78, 5) is 26.1. The Labute approximate surface area is 202 Å². The Hall–Kier alpha value is -2.11. The molecule has 0 aromatic heterocycles. The van der Waals surface area contributed by atoms with Gasteiger partial charge in [0.2, 0.25) is 0 Å². The van der Waals surface area contributed by atoms with Gasteiger partial charge in [-0.1, -0.05) is 26.2 Å². The van der Waals surface area contributed by atoms with Gasteiger partial charge in [-0.05, 0) is 92.6 Å². The topological polar surface area (TPSA) is 66.8 Å². The van der Waals surface area contributed by atoms with E-state index in [1.165, 1.54) is 55.9 Å². The maximum absolute atomic E-state index is 15.1. The molecule has 3 aliphatic carbocycles. The monoisotopic (exact) mass is 471 g/mol. The van der Waals surface area contributed by atoms with E-state index in [0.29, 0.717) is 31.2 Å². The van der Waals surface area contributed by atoms with Crippen molar-refractivity contribution in [3.05, 3.63) is 29.1 Å². The third-order valence-electron chi connectivity index (χ3n) is 8.64. The summed E-state index contributed by atoms with van der Waals surface area (Å²) < 4.78 is 21.2. The first-order chi connectivity index (χ1) is 16.4. The van der Waals surface area contributed by atoms with Crippen LogP contribution < -0.4 is 4.74 Å². The summed E-state index contributed by atoms with van der Waals surface area (Å²) in [6.45, 7) is 2.84. The van der Waals surface area contributed by atoms with Gasteiger partial charge >= 0.3 is 5.97 Å². The van der Waals surface area contributed by atoms with Crippen LogP contribution >= 0.6 is 0 Å². The van der Waals surface area contributed by atoms with Crippen molar-refractivity contribution in [2.45, 2.75) is 89.5 Å². The molecule has 2 bridgehead atoms. The SMILES string of the molecule is C[C@H]1C[C@@H](C(=O)O)N(C(=O)c2cc(C3CC3)c(OCCCC3CC4CCCC(C3)C4)cc2F)C1. The smallest absolute Gasteiger partial charge is 0.326 e. The Morgan fingerprint density at radius 2 is 1.82 bits per heavy atom. The molecule has 1 amide bonds. The molecular formula is C28H38FNO4. The van der Waals surface area contributed by atoms with Crippen molar-refractivity contribution in [1.82, 2.24) is 4.90 Å². The highest BCUT2D eigenvalue weighted by molar-refractivity contribution is 5.97. The van der Waals surface area contributed by atoms with Gasteiger partial charge in [-0.15, -0.1) is 0 Å². The summed E-state index contributed by atoms with van der Waals surface area (Å²) in [7, 11) is 0. The molecule has 34 heavy (non-hydrogen) atoms. The summed E-state index contributed by atoms with van der Waals surface area (Å²) in [6.07, 6.45) is 13.0. The van der Waals surface area contributed by atoms with Crippen LogP contribution in [0.2, 0.25) is 0 Å². The summed E-state index contributed by atoms with van der Waals surface area (Å²) in [6, 6.07) is 2.11. The Bertz CT molecular complexity index is 917. The molecular weight excluding hydrogens is 433 g/mol. The molecule has 1 N–H and O–H groups in total. The van der Waals surface area contributed by atoms with Crippen LogP contribution in [0.4, 0.5) is 4.39 Å². The molecule has 4 fully saturated rings. The predicted octanol–water partition coefficient (Wildman–Crippen LogP) is 6.01. The molecule has 4 aliphatic rings. The van der Waals surface area contributed by atoms with Gasteiger partial charge in [-0.3, -0.25) is 4.79 Å². The molecule has 6 heteroatoms. The van der Waals surface area contributed by atoms with Crippen molar-refractivity contribution in [3.63, 3.8) is 0 Å². The van der Waals surface area contributed by atoms with E-state index in [4.69, 9.17) is 4.74 Å². The molecule has 1 aromatic rings. The van der Waals surface area contributed by atoms with Crippen molar-refractivity contribution in [3.8, 4) is 5.75 Å². The molecule has 1 aliphatic heterocycles. The van der Waals surface area contributed by atoms with Crippen LogP contribution in [0, 0.1) is 29.5 Å². The van der Waals surface area contributed by atoms with Gasteiger partial charge in [0, 0.05) is 12.6 Å².